The summed E-state index contributed by atoms with van der Waals surface area (Å²) in [7, 11) is 0. The third-order valence-corrected chi connectivity index (χ3v) is 4.78. The Morgan fingerprint density at radius 2 is 2.14 bits per heavy atom. The molecule has 2 atom stereocenters. The van der Waals surface area contributed by atoms with Gasteiger partial charge < -0.3 is 10.5 Å². The van der Waals surface area contributed by atoms with Gasteiger partial charge in [-0.25, -0.2) is 0 Å². The number of nitrogens with zero attached hydrogens (tertiary/aromatic N) is 2. The van der Waals surface area contributed by atoms with Crippen molar-refractivity contribution in [2.75, 3.05) is 19.7 Å². The van der Waals surface area contributed by atoms with Crippen LogP contribution in [0.4, 0.5) is 0 Å². The summed E-state index contributed by atoms with van der Waals surface area (Å²) in [6.07, 6.45) is 6.08. The minimum atomic E-state index is 0.0607. The second kappa shape index (κ2) is 7.34. The van der Waals surface area contributed by atoms with Crippen LogP contribution in [0.3, 0.4) is 0 Å². The van der Waals surface area contributed by atoms with Crippen molar-refractivity contribution in [2.45, 2.75) is 51.8 Å². The molecule has 1 aliphatic heterocycles. The topological polar surface area (TPSA) is 51.4 Å². The summed E-state index contributed by atoms with van der Waals surface area (Å²) >= 11 is 0. The van der Waals surface area contributed by atoms with Crippen LogP contribution in [0.1, 0.15) is 39.2 Å². The van der Waals surface area contributed by atoms with Crippen LogP contribution in [0, 0.1) is 5.92 Å². The molecule has 0 aromatic carbocycles. The highest BCUT2D eigenvalue weighted by molar-refractivity contribution is 5.11. The molecule has 0 bridgehead atoms. The molecule has 0 radical (unpaired) electrons. The van der Waals surface area contributed by atoms with E-state index in [0.29, 0.717) is 18.6 Å². The van der Waals surface area contributed by atoms with E-state index in [-0.39, 0.29) is 5.54 Å². The Kier molecular flexibility index (Phi) is 5.73. The van der Waals surface area contributed by atoms with Gasteiger partial charge in [-0.3, -0.25) is 9.88 Å². The van der Waals surface area contributed by atoms with Gasteiger partial charge in [-0.2, -0.15) is 0 Å². The Bertz CT molecular complexity index is 423. The molecule has 4 heteroatoms. The van der Waals surface area contributed by atoms with E-state index in [0.717, 1.165) is 32.5 Å². The molecule has 2 rings (SSSR count). The number of pyridine rings is 1. The van der Waals surface area contributed by atoms with Gasteiger partial charge in [-0.1, -0.05) is 20.8 Å². The number of aromatic nitrogens is 1. The molecule has 1 saturated heterocycles. The van der Waals surface area contributed by atoms with Gasteiger partial charge in [0.2, 0.25) is 0 Å². The fraction of sp³-hybridized carbons (Fsp3) is 0.706. The van der Waals surface area contributed by atoms with Crippen LogP contribution >= 0.6 is 0 Å². The third-order valence-electron chi connectivity index (χ3n) is 4.78. The number of rotatable bonds is 6. The molecule has 1 aromatic rings. The molecule has 1 aromatic heterocycles. The first kappa shape index (κ1) is 16.4. The zero-order valence-corrected chi connectivity index (χ0v) is 13.6. The smallest absolute Gasteiger partial charge is 0.0616 e. The Hall–Kier alpha value is -0.970. The molecule has 0 amide bonds. The van der Waals surface area contributed by atoms with Crippen molar-refractivity contribution in [3.05, 3.63) is 30.1 Å². The molecule has 0 spiro atoms. The zero-order chi connectivity index (χ0) is 15.3. The molecule has 0 aliphatic carbocycles. The van der Waals surface area contributed by atoms with Crippen molar-refractivity contribution in [2.24, 2.45) is 11.7 Å². The lowest BCUT2D eigenvalue weighted by molar-refractivity contribution is -0.0888. The van der Waals surface area contributed by atoms with E-state index in [4.69, 9.17) is 10.5 Å². The molecule has 21 heavy (non-hydrogen) atoms. The largest absolute Gasteiger partial charge is 0.378 e. The van der Waals surface area contributed by atoms with Crippen molar-refractivity contribution in [3.63, 3.8) is 0 Å². The highest BCUT2D eigenvalue weighted by Crippen LogP contribution is 2.33. The molecular formula is C17H29N3O. The molecule has 1 aliphatic rings. The normalized spacial score (nSPS) is 26.5. The number of hydrogen-bond donors (Lipinski definition) is 1. The molecule has 4 nitrogen and oxygen atoms in total. The minimum absolute atomic E-state index is 0.0607. The number of hydrogen-bond acceptors (Lipinski definition) is 4. The predicted octanol–water partition coefficient (Wildman–Crippen LogP) is 2.44. The van der Waals surface area contributed by atoms with Gasteiger partial charge in [0.15, 0.2) is 0 Å². The van der Waals surface area contributed by atoms with Gasteiger partial charge in [0.05, 0.1) is 6.10 Å². The van der Waals surface area contributed by atoms with Crippen LogP contribution in [-0.2, 0) is 11.3 Å². The van der Waals surface area contributed by atoms with Crippen molar-refractivity contribution in [3.8, 4) is 0 Å². The average molecular weight is 291 g/mol. The van der Waals surface area contributed by atoms with Gasteiger partial charge >= 0.3 is 0 Å². The zero-order valence-electron chi connectivity index (χ0n) is 13.6. The maximum absolute atomic E-state index is 6.22. The van der Waals surface area contributed by atoms with E-state index in [1.54, 1.807) is 0 Å². The van der Waals surface area contributed by atoms with Gasteiger partial charge in [-0.15, -0.1) is 0 Å². The average Bonchev–Trinajstić information content (AvgIpc) is 2.53. The SMILES string of the molecule is CCN(Cc1ccncc1)C1(CN)CCOC(C(C)C)C1. The Labute approximate surface area is 128 Å². The number of nitrogens with two attached hydrogens (primary N) is 1. The van der Waals surface area contributed by atoms with E-state index in [2.05, 4.69) is 42.8 Å². The van der Waals surface area contributed by atoms with E-state index < -0.39 is 0 Å². The Morgan fingerprint density at radius 1 is 1.43 bits per heavy atom. The summed E-state index contributed by atoms with van der Waals surface area (Å²) < 4.78 is 5.95. The summed E-state index contributed by atoms with van der Waals surface area (Å²) in [6, 6.07) is 4.18. The first-order valence-electron chi connectivity index (χ1n) is 8.07. The Balaban J connectivity index is 2.16. The molecule has 2 unspecified atom stereocenters. The second-order valence-electron chi connectivity index (χ2n) is 6.41. The van der Waals surface area contributed by atoms with Crippen LogP contribution in [0.25, 0.3) is 0 Å². The van der Waals surface area contributed by atoms with Gasteiger partial charge in [0, 0.05) is 37.6 Å². The minimum Gasteiger partial charge on any atom is -0.378 e. The van der Waals surface area contributed by atoms with Crippen molar-refractivity contribution in [1.82, 2.24) is 9.88 Å². The Morgan fingerprint density at radius 3 is 2.71 bits per heavy atom. The highest BCUT2D eigenvalue weighted by Gasteiger charge is 2.41. The van der Waals surface area contributed by atoms with Crippen LogP contribution in [0.2, 0.25) is 0 Å². The molecule has 118 valence electrons. The van der Waals surface area contributed by atoms with E-state index >= 15 is 0 Å². The quantitative estimate of drug-likeness (QED) is 0.874. The van der Waals surface area contributed by atoms with Crippen molar-refractivity contribution < 1.29 is 4.74 Å². The lowest BCUT2D eigenvalue weighted by atomic mass is 9.81. The summed E-state index contributed by atoms with van der Waals surface area (Å²) in [5.41, 5.74) is 7.58. The molecule has 2 N–H and O–H groups in total. The molecule has 1 fully saturated rings. The number of ether oxygens (including phenoxy) is 1. The van der Waals surface area contributed by atoms with Crippen LogP contribution < -0.4 is 5.73 Å². The van der Waals surface area contributed by atoms with Crippen LogP contribution in [0.15, 0.2) is 24.5 Å². The third kappa shape index (κ3) is 3.82. The first-order chi connectivity index (χ1) is 10.1. The van der Waals surface area contributed by atoms with E-state index in [1.165, 1.54) is 5.56 Å². The molecule has 2 heterocycles. The lowest BCUT2D eigenvalue weighted by Crippen LogP contribution is -2.58. The fourth-order valence-corrected chi connectivity index (χ4v) is 3.29. The second-order valence-corrected chi connectivity index (χ2v) is 6.41. The van der Waals surface area contributed by atoms with Crippen molar-refractivity contribution in [1.29, 1.82) is 0 Å². The highest BCUT2D eigenvalue weighted by atomic mass is 16.5. The maximum Gasteiger partial charge on any atom is 0.0616 e. The standard InChI is InChI=1S/C17H29N3O/c1-4-20(12-15-5-8-19-9-6-15)17(13-18)7-10-21-16(11-17)14(2)3/h5-6,8-9,14,16H,4,7,10-13,18H2,1-3H3. The summed E-state index contributed by atoms with van der Waals surface area (Å²) in [6.45, 7) is 10.1. The summed E-state index contributed by atoms with van der Waals surface area (Å²) in [4.78, 5) is 6.63. The van der Waals surface area contributed by atoms with E-state index in [1.807, 2.05) is 12.4 Å². The molecule has 0 saturated carbocycles. The summed E-state index contributed by atoms with van der Waals surface area (Å²) in [5, 5.41) is 0. The molecular weight excluding hydrogens is 262 g/mol. The van der Waals surface area contributed by atoms with Gasteiger partial charge in [0.25, 0.3) is 0 Å². The van der Waals surface area contributed by atoms with E-state index in [9.17, 15) is 0 Å². The summed E-state index contributed by atoms with van der Waals surface area (Å²) in [5.74, 6) is 0.538. The first-order valence-corrected chi connectivity index (χ1v) is 8.07. The van der Waals surface area contributed by atoms with Gasteiger partial charge in [0.1, 0.15) is 0 Å². The lowest BCUT2D eigenvalue weighted by Gasteiger charge is -2.48. The van der Waals surface area contributed by atoms with Crippen LogP contribution in [0.5, 0.6) is 0 Å². The monoisotopic (exact) mass is 291 g/mol. The van der Waals surface area contributed by atoms with Crippen LogP contribution in [-0.4, -0.2) is 41.2 Å². The van der Waals surface area contributed by atoms with Gasteiger partial charge in [-0.05, 0) is 43.0 Å². The predicted molar refractivity (Wildman–Crippen MR) is 85.9 cm³/mol. The fourth-order valence-electron chi connectivity index (χ4n) is 3.29. The van der Waals surface area contributed by atoms with Crippen molar-refractivity contribution >= 4 is 0 Å². The number of likely N-dealkylation sites (N-methyl/N-ethyl adjacent to an activating group) is 1. The maximum atomic E-state index is 6.22.